The average Bonchev–Trinajstić information content (AvgIpc) is 2.98. The van der Waals surface area contributed by atoms with Crippen LogP contribution in [-0.4, -0.2) is 21.1 Å². The molecule has 0 unspecified atom stereocenters. The number of benzene rings is 1. The maximum Gasteiger partial charge on any atom is 0.226 e. The zero-order valence-corrected chi connectivity index (χ0v) is 13.9. The summed E-state index contributed by atoms with van der Waals surface area (Å²) in [5, 5.41) is 10.6. The lowest BCUT2D eigenvalue weighted by molar-refractivity contribution is -0.121. The number of rotatable bonds is 5. The molecule has 0 aliphatic heterocycles. The molecule has 24 heavy (non-hydrogen) atoms. The van der Waals surface area contributed by atoms with Crippen molar-refractivity contribution in [1.82, 2.24) is 20.5 Å². The van der Waals surface area contributed by atoms with Crippen molar-refractivity contribution in [3.63, 3.8) is 0 Å². The van der Waals surface area contributed by atoms with Gasteiger partial charge in [-0.25, -0.2) is 0 Å². The summed E-state index contributed by atoms with van der Waals surface area (Å²) in [6, 6.07) is 14.5. The first-order valence-corrected chi connectivity index (χ1v) is 7.96. The number of pyridine rings is 1. The largest absolute Gasteiger partial charge is 0.343 e. The van der Waals surface area contributed by atoms with E-state index in [0.717, 1.165) is 17.0 Å². The molecule has 2 N–H and O–H groups in total. The maximum atomic E-state index is 12.4. The molecule has 0 spiro atoms. The predicted octanol–water partition coefficient (Wildman–Crippen LogP) is 3.21. The molecule has 122 valence electrons. The molecule has 0 aliphatic rings. The monoisotopic (exact) mass is 340 g/mol. The number of aryl methyl sites for hydroxylation is 1. The number of H-pyrrole nitrogens is 1. The molecule has 0 radical (unpaired) electrons. The zero-order chi connectivity index (χ0) is 16.9. The Kier molecular flexibility index (Phi) is 4.91. The van der Waals surface area contributed by atoms with Crippen molar-refractivity contribution in [1.29, 1.82) is 0 Å². The third-order valence-corrected chi connectivity index (χ3v) is 3.81. The van der Waals surface area contributed by atoms with Crippen LogP contribution >= 0.6 is 11.6 Å². The summed E-state index contributed by atoms with van der Waals surface area (Å²) in [6.07, 6.45) is 1.91. The van der Waals surface area contributed by atoms with Crippen LogP contribution in [0.25, 0.3) is 0 Å². The van der Waals surface area contributed by atoms with Gasteiger partial charge in [-0.2, -0.15) is 5.10 Å². The molecule has 3 rings (SSSR count). The molecule has 0 fully saturated rings. The van der Waals surface area contributed by atoms with E-state index < -0.39 is 0 Å². The number of amides is 1. The number of aromatic amines is 1. The smallest absolute Gasteiger partial charge is 0.226 e. The summed E-state index contributed by atoms with van der Waals surface area (Å²) in [7, 11) is 0. The van der Waals surface area contributed by atoms with Crippen LogP contribution < -0.4 is 5.32 Å². The molecule has 0 saturated carbocycles. The summed E-state index contributed by atoms with van der Waals surface area (Å²) in [6.45, 7) is 1.90. The highest BCUT2D eigenvalue weighted by atomic mass is 35.5. The van der Waals surface area contributed by atoms with Crippen molar-refractivity contribution in [2.45, 2.75) is 19.4 Å². The van der Waals surface area contributed by atoms with Gasteiger partial charge < -0.3 is 5.32 Å². The highest BCUT2D eigenvalue weighted by molar-refractivity contribution is 6.30. The summed E-state index contributed by atoms with van der Waals surface area (Å²) < 4.78 is 0. The lowest BCUT2D eigenvalue weighted by Crippen LogP contribution is -2.31. The Labute approximate surface area is 145 Å². The summed E-state index contributed by atoms with van der Waals surface area (Å²) in [5.41, 5.74) is 3.27. The number of nitrogens with one attached hydrogen (secondary N) is 2. The van der Waals surface area contributed by atoms with Gasteiger partial charge in [0.1, 0.15) is 0 Å². The fraction of sp³-hybridized carbons (Fsp3) is 0.167. The first kappa shape index (κ1) is 16.2. The van der Waals surface area contributed by atoms with E-state index in [9.17, 15) is 4.79 Å². The molecular formula is C18H17ClN4O. The highest BCUT2D eigenvalue weighted by Crippen LogP contribution is 2.23. The summed E-state index contributed by atoms with van der Waals surface area (Å²) >= 11 is 6.10. The molecule has 1 aromatic carbocycles. The van der Waals surface area contributed by atoms with Crippen LogP contribution in [0.4, 0.5) is 0 Å². The van der Waals surface area contributed by atoms with Gasteiger partial charge in [0.15, 0.2) is 0 Å². The van der Waals surface area contributed by atoms with Gasteiger partial charge in [-0.05, 0) is 42.8 Å². The Bertz CT molecular complexity index is 832. The van der Waals surface area contributed by atoms with E-state index in [1.165, 1.54) is 0 Å². The van der Waals surface area contributed by atoms with Crippen molar-refractivity contribution in [2.75, 3.05) is 0 Å². The average molecular weight is 341 g/mol. The molecule has 1 amide bonds. The lowest BCUT2D eigenvalue weighted by Gasteiger charge is -2.19. The van der Waals surface area contributed by atoms with Crippen molar-refractivity contribution < 1.29 is 4.79 Å². The van der Waals surface area contributed by atoms with E-state index in [1.54, 1.807) is 12.3 Å². The van der Waals surface area contributed by atoms with Gasteiger partial charge in [-0.3, -0.25) is 14.9 Å². The minimum Gasteiger partial charge on any atom is -0.343 e. The number of aromatic nitrogens is 3. The molecule has 0 bridgehead atoms. The Morgan fingerprint density at radius 2 is 2.12 bits per heavy atom. The zero-order valence-electron chi connectivity index (χ0n) is 13.2. The van der Waals surface area contributed by atoms with Gasteiger partial charge in [0, 0.05) is 16.9 Å². The standard InChI is InChI=1S/C18H17ClN4O/c1-12-9-15(23-22-12)11-17(24)21-18(16-7-2-3-8-20-16)13-5-4-6-14(19)10-13/h2-10,18H,11H2,1H3,(H,21,24)(H,22,23)/t18-/m0/s1. The maximum absolute atomic E-state index is 12.4. The number of carbonyl (C=O) groups excluding carboxylic acids is 1. The Morgan fingerprint density at radius 3 is 2.79 bits per heavy atom. The fourth-order valence-corrected chi connectivity index (χ4v) is 2.70. The molecule has 2 aromatic heterocycles. The molecule has 5 nitrogen and oxygen atoms in total. The van der Waals surface area contributed by atoms with E-state index >= 15 is 0 Å². The molecule has 1 atom stereocenters. The third-order valence-electron chi connectivity index (χ3n) is 3.57. The summed E-state index contributed by atoms with van der Waals surface area (Å²) in [5.74, 6) is -0.128. The quantitative estimate of drug-likeness (QED) is 0.749. The van der Waals surface area contributed by atoms with Crippen molar-refractivity contribution in [3.05, 3.63) is 82.4 Å². The Hall–Kier alpha value is -2.66. The van der Waals surface area contributed by atoms with E-state index in [0.29, 0.717) is 10.7 Å². The van der Waals surface area contributed by atoms with Gasteiger partial charge in [-0.1, -0.05) is 29.8 Å². The number of carbonyl (C=O) groups is 1. The Balaban J connectivity index is 1.83. The van der Waals surface area contributed by atoms with Crippen LogP contribution in [0.15, 0.2) is 54.7 Å². The molecule has 2 heterocycles. The van der Waals surface area contributed by atoms with Crippen LogP contribution in [0.5, 0.6) is 0 Å². The first-order chi connectivity index (χ1) is 11.6. The second-order valence-corrected chi connectivity index (χ2v) is 5.97. The van der Waals surface area contributed by atoms with Gasteiger partial charge in [0.2, 0.25) is 5.91 Å². The second kappa shape index (κ2) is 7.27. The van der Waals surface area contributed by atoms with Crippen LogP contribution in [0.3, 0.4) is 0 Å². The van der Waals surface area contributed by atoms with Crippen molar-refractivity contribution >= 4 is 17.5 Å². The van der Waals surface area contributed by atoms with Gasteiger partial charge >= 0.3 is 0 Å². The predicted molar refractivity (Wildman–Crippen MR) is 92.7 cm³/mol. The van der Waals surface area contributed by atoms with Gasteiger partial charge in [0.05, 0.1) is 23.9 Å². The van der Waals surface area contributed by atoms with Crippen LogP contribution in [-0.2, 0) is 11.2 Å². The number of nitrogens with zero attached hydrogens (tertiary/aromatic N) is 2. The molecule has 0 saturated heterocycles. The van der Waals surface area contributed by atoms with E-state index in [-0.39, 0.29) is 18.4 Å². The Morgan fingerprint density at radius 1 is 1.25 bits per heavy atom. The first-order valence-electron chi connectivity index (χ1n) is 7.58. The molecule has 0 aliphatic carbocycles. The highest BCUT2D eigenvalue weighted by Gasteiger charge is 2.19. The van der Waals surface area contributed by atoms with Crippen LogP contribution in [0, 0.1) is 6.92 Å². The van der Waals surface area contributed by atoms with Crippen molar-refractivity contribution in [3.8, 4) is 0 Å². The third kappa shape index (κ3) is 4.00. The topological polar surface area (TPSA) is 70.7 Å². The fourth-order valence-electron chi connectivity index (χ4n) is 2.50. The number of hydrogen-bond donors (Lipinski definition) is 2. The normalized spacial score (nSPS) is 11.9. The lowest BCUT2D eigenvalue weighted by atomic mass is 10.0. The minimum absolute atomic E-state index is 0.128. The van der Waals surface area contributed by atoms with E-state index in [4.69, 9.17) is 11.6 Å². The van der Waals surface area contributed by atoms with E-state index in [2.05, 4.69) is 20.5 Å². The van der Waals surface area contributed by atoms with Crippen molar-refractivity contribution in [2.24, 2.45) is 0 Å². The SMILES string of the molecule is Cc1cc(CC(=O)N[C@@H](c2cccc(Cl)c2)c2ccccn2)n[nH]1. The number of halogens is 1. The van der Waals surface area contributed by atoms with Gasteiger partial charge in [-0.15, -0.1) is 0 Å². The molecule has 3 aromatic rings. The van der Waals surface area contributed by atoms with Crippen LogP contribution in [0.1, 0.15) is 28.7 Å². The molecular weight excluding hydrogens is 324 g/mol. The summed E-state index contributed by atoms with van der Waals surface area (Å²) in [4.78, 5) is 16.8. The number of hydrogen-bond acceptors (Lipinski definition) is 3. The van der Waals surface area contributed by atoms with Crippen LogP contribution in [0.2, 0.25) is 5.02 Å². The molecule has 6 heteroatoms. The van der Waals surface area contributed by atoms with E-state index in [1.807, 2.05) is 49.4 Å². The minimum atomic E-state index is -0.363. The van der Waals surface area contributed by atoms with Gasteiger partial charge in [0.25, 0.3) is 0 Å². The second-order valence-electron chi connectivity index (χ2n) is 5.53.